The van der Waals surface area contributed by atoms with Gasteiger partial charge in [-0.1, -0.05) is 109 Å². The van der Waals surface area contributed by atoms with Crippen molar-refractivity contribution < 1.29 is 63.1 Å². The van der Waals surface area contributed by atoms with Crippen molar-refractivity contribution >= 4 is 19.8 Å². The van der Waals surface area contributed by atoms with E-state index in [-0.39, 0.29) is 12.8 Å². The molecule has 1 saturated carbocycles. The molecule has 1 fully saturated rings. The fourth-order valence-corrected chi connectivity index (χ4v) is 6.58. The molecule has 0 bridgehead atoms. The summed E-state index contributed by atoms with van der Waals surface area (Å²) in [7, 11) is -5.10. The van der Waals surface area contributed by atoms with E-state index in [1.54, 1.807) is 0 Å². The summed E-state index contributed by atoms with van der Waals surface area (Å²) in [5.74, 6) is -1.13. The first kappa shape index (κ1) is 47.4. The summed E-state index contributed by atoms with van der Waals surface area (Å²) in [6.07, 6.45) is 14.4. The Bertz CT molecular complexity index is 1010. The van der Waals surface area contributed by atoms with Crippen molar-refractivity contribution in [1.82, 2.24) is 0 Å². The van der Waals surface area contributed by atoms with Gasteiger partial charge < -0.3 is 39.9 Å². The molecule has 1 rings (SSSR count). The number of esters is 2. The second-order valence-electron chi connectivity index (χ2n) is 13.4. The van der Waals surface area contributed by atoms with Gasteiger partial charge in [0.05, 0.1) is 6.61 Å². The smallest absolute Gasteiger partial charge is 0.462 e. The average Bonchev–Trinajstić information content (AvgIpc) is 3.10. The van der Waals surface area contributed by atoms with Crippen molar-refractivity contribution in [2.75, 3.05) is 13.2 Å². The van der Waals surface area contributed by atoms with Crippen molar-refractivity contribution in [3.8, 4) is 0 Å². The van der Waals surface area contributed by atoms with Crippen molar-refractivity contribution in [3.05, 3.63) is 24.3 Å². The van der Waals surface area contributed by atoms with Crippen LogP contribution in [0.5, 0.6) is 0 Å². The van der Waals surface area contributed by atoms with Crippen LogP contribution in [0.4, 0.5) is 0 Å². The molecule has 6 atom stereocenters. The minimum Gasteiger partial charge on any atom is -0.462 e. The maximum absolute atomic E-state index is 12.7. The summed E-state index contributed by atoms with van der Waals surface area (Å²) < 4.78 is 33.2. The first-order valence-corrected chi connectivity index (χ1v) is 20.6. The first-order chi connectivity index (χ1) is 24.4. The predicted octanol–water partition coefficient (Wildman–Crippen LogP) is 5.72. The van der Waals surface area contributed by atoms with Crippen LogP contribution in [0.25, 0.3) is 0 Å². The molecule has 14 heteroatoms. The van der Waals surface area contributed by atoms with Gasteiger partial charge in [-0.25, -0.2) is 4.57 Å². The number of aliphatic hydroxyl groups excluding tert-OH is 5. The number of hydrogen-bond acceptors (Lipinski definition) is 12. The van der Waals surface area contributed by atoms with Gasteiger partial charge in [-0.3, -0.25) is 18.6 Å². The van der Waals surface area contributed by atoms with E-state index in [0.29, 0.717) is 12.8 Å². The molecule has 0 spiro atoms. The maximum atomic E-state index is 12.7. The number of ether oxygens (including phenoxy) is 2. The van der Waals surface area contributed by atoms with E-state index in [9.17, 15) is 44.6 Å². The quantitative estimate of drug-likeness (QED) is 0.0225. The Balaban J connectivity index is 2.51. The zero-order valence-corrected chi connectivity index (χ0v) is 31.8. The van der Waals surface area contributed by atoms with Crippen LogP contribution in [0.2, 0.25) is 0 Å². The molecule has 1 aliphatic carbocycles. The highest BCUT2D eigenvalue weighted by Crippen LogP contribution is 2.47. The molecule has 0 aliphatic heterocycles. The fraction of sp³-hybridized carbons (Fsp3) is 0.838. The summed E-state index contributed by atoms with van der Waals surface area (Å²) in [5, 5.41) is 49.8. The van der Waals surface area contributed by atoms with Crippen LogP contribution in [0.15, 0.2) is 24.3 Å². The van der Waals surface area contributed by atoms with Gasteiger partial charge in [0.1, 0.15) is 43.2 Å². The molecular weight excluding hydrogens is 683 g/mol. The molecule has 6 unspecified atom stereocenters. The Labute approximate surface area is 305 Å². The van der Waals surface area contributed by atoms with Crippen molar-refractivity contribution in [3.63, 3.8) is 0 Å². The van der Waals surface area contributed by atoms with Crippen LogP contribution in [0, 0.1) is 0 Å². The Morgan fingerprint density at radius 2 is 1.06 bits per heavy atom. The molecule has 13 nitrogen and oxygen atoms in total. The maximum Gasteiger partial charge on any atom is 0.472 e. The summed E-state index contributed by atoms with van der Waals surface area (Å²) in [4.78, 5) is 35.2. The van der Waals surface area contributed by atoms with Gasteiger partial charge in [0, 0.05) is 12.8 Å². The van der Waals surface area contributed by atoms with E-state index in [0.717, 1.165) is 77.0 Å². The third-order valence-electron chi connectivity index (χ3n) is 8.80. The zero-order chi connectivity index (χ0) is 37.9. The van der Waals surface area contributed by atoms with Crippen LogP contribution in [0.3, 0.4) is 0 Å². The van der Waals surface area contributed by atoms with Gasteiger partial charge in [0.25, 0.3) is 0 Å². The van der Waals surface area contributed by atoms with Crippen molar-refractivity contribution in [2.45, 2.75) is 185 Å². The van der Waals surface area contributed by atoms with Crippen molar-refractivity contribution in [2.24, 2.45) is 0 Å². The monoisotopic (exact) mass is 750 g/mol. The molecule has 0 aromatic carbocycles. The average molecular weight is 751 g/mol. The third kappa shape index (κ3) is 22.2. The van der Waals surface area contributed by atoms with Gasteiger partial charge in [0.2, 0.25) is 0 Å². The molecule has 0 saturated heterocycles. The van der Waals surface area contributed by atoms with E-state index in [4.69, 9.17) is 18.5 Å². The highest BCUT2D eigenvalue weighted by molar-refractivity contribution is 7.47. The van der Waals surface area contributed by atoms with E-state index in [2.05, 4.69) is 38.2 Å². The van der Waals surface area contributed by atoms with Crippen LogP contribution in [0.1, 0.15) is 142 Å². The van der Waals surface area contributed by atoms with E-state index >= 15 is 0 Å². The number of phosphoric acid groups is 1. The fourth-order valence-electron chi connectivity index (χ4n) is 5.61. The Morgan fingerprint density at radius 1 is 0.608 bits per heavy atom. The predicted molar refractivity (Wildman–Crippen MR) is 193 cm³/mol. The second-order valence-corrected chi connectivity index (χ2v) is 14.8. The number of rotatable bonds is 30. The summed E-state index contributed by atoms with van der Waals surface area (Å²) in [6, 6.07) is 0. The molecular formula is C37H67O13P. The first-order valence-electron chi connectivity index (χ1n) is 19.1. The Morgan fingerprint density at radius 3 is 1.61 bits per heavy atom. The molecule has 0 amide bonds. The van der Waals surface area contributed by atoms with Crippen LogP contribution >= 0.6 is 7.82 Å². The molecule has 0 aromatic heterocycles. The number of carbonyl (C=O) groups excluding carboxylic acids is 2. The molecule has 0 aromatic rings. The normalized spacial score (nSPS) is 24.2. The number of phosphoric ester groups is 1. The van der Waals surface area contributed by atoms with E-state index in [1.165, 1.54) is 25.7 Å². The SMILES string of the molecule is CCCCCC/C=C\C/C=C\CCCCCCCC(=O)OC(COC(=O)CCCCCCCC)COP(=O)(O)OC1C(O)C(O)C(O)C(O)C1O. The number of hydrogen-bond donors (Lipinski definition) is 6. The highest BCUT2D eigenvalue weighted by Gasteiger charge is 2.51. The topological polar surface area (TPSA) is 210 Å². The van der Waals surface area contributed by atoms with Gasteiger partial charge in [-0.2, -0.15) is 0 Å². The second kappa shape index (κ2) is 28.8. The standard InChI is InChI=1S/C37H67O13P/c1-3-5-7-9-11-12-13-14-15-16-17-18-19-20-22-24-26-31(39)49-29(27-47-30(38)25-23-21-10-8-6-4-2)28-48-51(45,46)50-37-35(43)33(41)32(40)34(42)36(37)44/h12-13,15-16,29,32-37,40-44H,3-11,14,17-28H2,1-2H3,(H,45,46)/b13-12-,16-15-. The highest BCUT2D eigenvalue weighted by atomic mass is 31.2. The molecule has 1 aliphatic rings. The van der Waals surface area contributed by atoms with Crippen LogP contribution in [-0.4, -0.2) is 98.3 Å². The van der Waals surface area contributed by atoms with Crippen LogP contribution < -0.4 is 0 Å². The number of aliphatic hydroxyl groups is 5. The third-order valence-corrected chi connectivity index (χ3v) is 9.78. The minimum atomic E-state index is -5.10. The largest absolute Gasteiger partial charge is 0.472 e. The molecule has 51 heavy (non-hydrogen) atoms. The molecule has 0 radical (unpaired) electrons. The molecule has 6 N–H and O–H groups in total. The number of unbranched alkanes of at least 4 members (excludes halogenated alkanes) is 14. The minimum absolute atomic E-state index is 0.0821. The van der Waals surface area contributed by atoms with Crippen molar-refractivity contribution in [1.29, 1.82) is 0 Å². The number of allylic oxidation sites excluding steroid dienone is 4. The Hall–Kier alpha value is -1.67. The van der Waals surface area contributed by atoms with Crippen LogP contribution in [-0.2, 0) is 32.7 Å². The Kier molecular flexibility index (Phi) is 26.7. The summed E-state index contributed by atoms with van der Waals surface area (Å²) in [5.41, 5.74) is 0. The lowest BCUT2D eigenvalue weighted by Crippen LogP contribution is -2.64. The molecule has 298 valence electrons. The zero-order valence-electron chi connectivity index (χ0n) is 30.9. The molecule has 0 heterocycles. The number of carbonyl (C=O) groups is 2. The van der Waals surface area contributed by atoms with E-state index < -0.39 is 75.7 Å². The summed E-state index contributed by atoms with van der Waals surface area (Å²) >= 11 is 0. The van der Waals surface area contributed by atoms with E-state index in [1.807, 2.05) is 0 Å². The lowest BCUT2D eigenvalue weighted by atomic mass is 9.85. The van der Waals surface area contributed by atoms with Gasteiger partial charge >= 0.3 is 19.8 Å². The lowest BCUT2D eigenvalue weighted by Gasteiger charge is -2.41. The van der Waals surface area contributed by atoms with Gasteiger partial charge in [-0.15, -0.1) is 0 Å². The lowest BCUT2D eigenvalue weighted by molar-refractivity contribution is -0.220. The summed E-state index contributed by atoms with van der Waals surface area (Å²) in [6.45, 7) is 3.15. The van der Waals surface area contributed by atoms with Gasteiger partial charge in [0.15, 0.2) is 6.10 Å². The van der Waals surface area contributed by atoms with Gasteiger partial charge in [-0.05, 0) is 44.9 Å².